The molecule has 2 aromatic heterocycles. The summed E-state index contributed by atoms with van der Waals surface area (Å²) in [5, 5.41) is 1.11. The summed E-state index contributed by atoms with van der Waals surface area (Å²) < 4.78 is 28.8. The van der Waals surface area contributed by atoms with Crippen molar-refractivity contribution in [3.05, 3.63) is 40.8 Å². The molecule has 0 aliphatic carbocycles. The lowest BCUT2D eigenvalue weighted by atomic mass is 9.94. The number of fused-ring (bicyclic) bond motifs is 4. The van der Waals surface area contributed by atoms with Gasteiger partial charge in [-0.25, -0.2) is 9.18 Å². The van der Waals surface area contributed by atoms with Crippen molar-refractivity contribution < 1.29 is 18.7 Å². The second-order valence-electron chi connectivity index (χ2n) is 13.7. The second-order valence-corrected chi connectivity index (χ2v) is 14.1. The predicted octanol–water partition coefficient (Wildman–Crippen LogP) is 7.20. The number of piperazine rings is 1. The number of aromatic nitrogens is 3. The molecule has 9 nitrogen and oxygen atoms in total. The molecule has 0 unspecified atom stereocenters. The van der Waals surface area contributed by atoms with Crippen LogP contribution in [0.3, 0.4) is 0 Å². The number of hydrogen-bond acceptors (Lipinski definition) is 8. The number of unbranched alkanes of at least 4 members (excludes halogenated alkanes) is 1. The molecule has 4 saturated heterocycles. The molecule has 46 heavy (non-hydrogen) atoms. The number of hydrogen-bond donors (Lipinski definition) is 0. The van der Waals surface area contributed by atoms with Crippen LogP contribution in [0.4, 0.5) is 15.0 Å². The van der Waals surface area contributed by atoms with E-state index in [4.69, 9.17) is 31.0 Å². The van der Waals surface area contributed by atoms with Crippen LogP contribution in [-0.2, 0) is 4.74 Å². The number of pyridine rings is 1. The van der Waals surface area contributed by atoms with E-state index in [9.17, 15) is 4.79 Å². The maximum atomic E-state index is 16.7. The van der Waals surface area contributed by atoms with E-state index in [0.717, 1.165) is 70.0 Å². The summed E-state index contributed by atoms with van der Waals surface area (Å²) in [4.78, 5) is 33.9. The quantitative estimate of drug-likeness (QED) is 0.225. The molecule has 4 aliphatic rings. The van der Waals surface area contributed by atoms with Gasteiger partial charge >= 0.3 is 12.1 Å². The highest BCUT2D eigenvalue weighted by Crippen LogP contribution is 2.41. The molecule has 1 aromatic carbocycles. The van der Waals surface area contributed by atoms with Crippen molar-refractivity contribution in [1.29, 1.82) is 0 Å². The Morgan fingerprint density at radius 2 is 1.87 bits per heavy atom. The van der Waals surface area contributed by atoms with E-state index in [1.165, 1.54) is 0 Å². The van der Waals surface area contributed by atoms with Gasteiger partial charge < -0.3 is 14.4 Å². The number of rotatable bonds is 9. The van der Waals surface area contributed by atoms with Crippen molar-refractivity contribution in [3.8, 4) is 17.3 Å². The van der Waals surface area contributed by atoms with Gasteiger partial charge in [-0.15, -0.1) is 0 Å². The third kappa shape index (κ3) is 5.55. The highest BCUT2D eigenvalue weighted by molar-refractivity contribution is 6.31. The average molecular weight is 651 g/mol. The number of carbonyl (C=O) groups is 1. The Labute approximate surface area is 275 Å². The minimum absolute atomic E-state index is 0.00372. The van der Waals surface area contributed by atoms with Gasteiger partial charge in [0.1, 0.15) is 23.6 Å². The number of ether oxygens (including phenoxy) is 2. The van der Waals surface area contributed by atoms with Crippen LogP contribution in [0.15, 0.2) is 24.4 Å². The molecule has 4 aliphatic heterocycles. The first-order valence-corrected chi connectivity index (χ1v) is 17.4. The second kappa shape index (κ2) is 12.8. The lowest BCUT2D eigenvalue weighted by Crippen LogP contribution is -2.56. The van der Waals surface area contributed by atoms with Crippen molar-refractivity contribution >= 4 is 34.4 Å². The minimum Gasteiger partial charge on any atom is -0.461 e. The van der Waals surface area contributed by atoms with Gasteiger partial charge in [-0.1, -0.05) is 50.9 Å². The molecule has 1 amide bonds. The summed E-state index contributed by atoms with van der Waals surface area (Å²) in [6, 6.07) is 5.67. The Balaban J connectivity index is 1.26. The van der Waals surface area contributed by atoms with E-state index in [-0.39, 0.29) is 46.9 Å². The Hall–Kier alpha value is -3.24. The van der Waals surface area contributed by atoms with Gasteiger partial charge in [0.2, 0.25) is 0 Å². The Kier molecular flexibility index (Phi) is 8.69. The van der Waals surface area contributed by atoms with Crippen LogP contribution in [0.25, 0.3) is 22.2 Å². The van der Waals surface area contributed by atoms with Crippen molar-refractivity contribution in [3.63, 3.8) is 0 Å². The monoisotopic (exact) mass is 650 g/mol. The molecule has 2 atom stereocenters. The molecule has 3 aromatic rings. The lowest BCUT2D eigenvalue weighted by molar-refractivity contribution is 0.0776. The van der Waals surface area contributed by atoms with E-state index >= 15 is 4.39 Å². The zero-order valence-corrected chi connectivity index (χ0v) is 27.9. The molecule has 0 N–H and O–H groups in total. The SMILES string of the molecule is CCCCOC(=O)N1[C@@H]2CC[C@H]1CN(c1nc(OCC34CCCN3CCC4)nc3c(F)c(-c4cccc(Cl)c4C(C)C)ncc13)C2. The smallest absolute Gasteiger partial charge is 0.410 e. The zero-order valence-electron chi connectivity index (χ0n) is 27.1. The molecular formula is C35H44ClFN6O3. The highest BCUT2D eigenvalue weighted by atomic mass is 35.5. The zero-order chi connectivity index (χ0) is 32.0. The van der Waals surface area contributed by atoms with Gasteiger partial charge in [0, 0.05) is 29.9 Å². The first-order valence-electron chi connectivity index (χ1n) is 17.0. The highest BCUT2D eigenvalue weighted by Gasteiger charge is 2.46. The van der Waals surface area contributed by atoms with Gasteiger partial charge in [-0.2, -0.15) is 9.97 Å². The number of benzene rings is 1. The largest absolute Gasteiger partial charge is 0.461 e. The van der Waals surface area contributed by atoms with Gasteiger partial charge in [0.05, 0.1) is 29.6 Å². The summed E-state index contributed by atoms with van der Waals surface area (Å²) in [5.74, 6) is 0.148. The minimum atomic E-state index is -0.516. The van der Waals surface area contributed by atoms with Crippen LogP contribution in [0.2, 0.25) is 5.02 Å². The van der Waals surface area contributed by atoms with Crippen LogP contribution in [-0.4, -0.2) is 87.9 Å². The summed E-state index contributed by atoms with van der Waals surface area (Å²) in [5.41, 5.74) is 1.90. The van der Waals surface area contributed by atoms with Crippen LogP contribution >= 0.6 is 11.6 Å². The third-order valence-electron chi connectivity index (χ3n) is 10.5. The third-order valence-corrected chi connectivity index (χ3v) is 10.9. The van der Waals surface area contributed by atoms with Gasteiger partial charge in [-0.3, -0.25) is 14.8 Å². The van der Waals surface area contributed by atoms with E-state index in [0.29, 0.717) is 48.1 Å². The van der Waals surface area contributed by atoms with Gasteiger partial charge in [0.15, 0.2) is 5.82 Å². The van der Waals surface area contributed by atoms with Gasteiger partial charge in [-0.05, 0) is 75.6 Å². The standard InChI is InChI=1S/C35H44ClFN6O3/c1-4-5-17-45-34(44)43-23-11-12-24(43)20-41(19-23)32-26-18-38-30(25-9-6-10-27(36)28(25)22(2)3)29(37)31(26)39-33(40-32)46-21-35-13-7-15-42(35)16-8-14-35/h6,9-10,18,22-24H,4-5,7-8,11-17,19-21H2,1-3H3/t23-,24+. The van der Waals surface area contributed by atoms with Crippen LogP contribution in [0, 0.1) is 5.82 Å². The van der Waals surface area contributed by atoms with Crippen molar-refractivity contribution in [1.82, 2.24) is 24.8 Å². The Morgan fingerprint density at radius 1 is 1.13 bits per heavy atom. The maximum Gasteiger partial charge on any atom is 0.410 e. The first-order chi connectivity index (χ1) is 22.3. The van der Waals surface area contributed by atoms with Gasteiger partial charge in [0.25, 0.3) is 0 Å². The van der Waals surface area contributed by atoms with E-state index in [1.54, 1.807) is 6.20 Å². The maximum absolute atomic E-state index is 16.7. The summed E-state index contributed by atoms with van der Waals surface area (Å²) in [6.07, 6.45) is 9.52. The summed E-state index contributed by atoms with van der Waals surface area (Å²) in [7, 11) is 0. The molecule has 6 heterocycles. The predicted molar refractivity (Wildman–Crippen MR) is 177 cm³/mol. The Bertz CT molecular complexity index is 1600. The number of nitrogens with zero attached hydrogens (tertiary/aromatic N) is 6. The molecule has 0 radical (unpaired) electrons. The molecule has 11 heteroatoms. The average Bonchev–Trinajstić information content (AvgIpc) is 3.70. The van der Waals surface area contributed by atoms with Crippen molar-refractivity contribution in [2.45, 2.75) is 95.7 Å². The summed E-state index contributed by atoms with van der Waals surface area (Å²) >= 11 is 6.60. The molecule has 4 fully saturated rings. The van der Waals surface area contributed by atoms with E-state index < -0.39 is 5.82 Å². The molecule has 2 bridgehead atoms. The van der Waals surface area contributed by atoms with E-state index in [1.807, 2.05) is 36.9 Å². The number of halogens is 2. The number of anilines is 1. The molecule has 246 valence electrons. The Morgan fingerprint density at radius 3 is 2.57 bits per heavy atom. The lowest BCUT2D eigenvalue weighted by Gasteiger charge is -2.41. The fourth-order valence-electron chi connectivity index (χ4n) is 8.26. The topological polar surface area (TPSA) is 83.9 Å². The van der Waals surface area contributed by atoms with Crippen LogP contribution in [0.1, 0.15) is 83.6 Å². The molecular weight excluding hydrogens is 607 g/mol. The number of carbonyl (C=O) groups excluding carboxylic acids is 1. The van der Waals surface area contributed by atoms with Crippen LogP contribution < -0.4 is 9.64 Å². The molecule has 0 spiro atoms. The molecule has 0 saturated carbocycles. The van der Waals surface area contributed by atoms with Crippen molar-refractivity contribution in [2.24, 2.45) is 0 Å². The fraction of sp³-hybridized carbons (Fsp3) is 0.600. The normalized spacial score (nSPS) is 22.2. The van der Waals surface area contributed by atoms with Crippen LogP contribution in [0.5, 0.6) is 6.01 Å². The number of amides is 1. The first kappa shape index (κ1) is 31.4. The molecule has 7 rings (SSSR count). The fourth-order valence-corrected chi connectivity index (χ4v) is 8.65. The van der Waals surface area contributed by atoms with Crippen molar-refractivity contribution in [2.75, 3.05) is 44.3 Å². The summed E-state index contributed by atoms with van der Waals surface area (Å²) in [6.45, 7) is 10.4. The van der Waals surface area contributed by atoms with E-state index in [2.05, 4.69) is 21.7 Å².